The highest BCUT2D eigenvalue weighted by molar-refractivity contribution is 6.09. The summed E-state index contributed by atoms with van der Waals surface area (Å²) in [6, 6.07) is 7.22. The molecular weight excluding hydrogens is 246 g/mol. The number of carbonyl (C=O) groups is 2. The second kappa shape index (κ2) is 4.93. The number of aromatic carboxylic acids is 1. The molecule has 0 saturated carbocycles. The number of aromatic nitrogens is 2. The lowest BCUT2D eigenvalue weighted by Crippen LogP contribution is -2.17. The lowest BCUT2D eigenvalue weighted by Gasteiger charge is -2.05. The first-order chi connectivity index (χ1) is 8.99. The van der Waals surface area contributed by atoms with Gasteiger partial charge in [-0.1, -0.05) is 17.7 Å². The Morgan fingerprint density at radius 1 is 1.26 bits per heavy atom. The second-order valence-electron chi connectivity index (χ2n) is 4.16. The monoisotopic (exact) mass is 259 g/mol. The Balaban J connectivity index is 2.25. The highest BCUT2D eigenvalue weighted by Gasteiger charge is 2.21. The summed E-state index contributed by atoms with van der Waals surface area (Å²) >= 11 is 0. The average Bonchev–Trinajstić information content (AvgIpc) is 2.74. The molecule has 19 heavy (non-hydrogen) atoms. The first kappa shape index (κ1) is 12.8. The number of nitrogens with one attached hydrogen (secondary N) is 1. The summed E-state index contributed by atoms with van der Waals surface area (Å²) in [6.45, 7) is 1.94. The van der Waals surface area contributed by atoms with E-state index in [9.17, 15) is 9.59 Å². The summed E-state index contributed by atoms with van der Waals surface area (Å²) in [5, 5.41) is 15.5. The van der Waals surface area contributed by atoms with Crippen LogP contribution >= 0.6 is 0 Å². The molecule has 1 aromatic heterocycles. The van der Waals surface area contributed by atoms with Gasteiger partial charge in [-0.3, -0.25) is 9.48 Å². The molecule has 0 bridgehead atoms. The summed E-state index contributed by atoms with van der Waals surface area (Å²) in [6.07, 6.45) is 1.24. The number of anilines is 1. The van der Waals surface area contributed by atoms with Crippen molar-refractivity contribution in [1.29, 1.82) is 0 Å². The summed E-state index contributed by atoms with van der Waals surface area (Å²) in [5.74, 6) is -1.68. The molecule has 0 aliphatic heterocycles. The summed E-state index contributed by atoms with van der Waals surface area (Å²) < 4.78 is 1.16. The Bertz CT molecular complexity index is 629. The third kappa shape index (κ3) is 2.62. The summed E-state index contributed by atoms with van der Waals surface area (Å²) in [5.41, 5.74) is 1.58. The maximum absolute atomic E-state index is 12.0. The van der Waals surface area contributed by atoms with Crippen LogP contribution in [0, 0.1) is 6.92 Å². The number of hydrogen-bond donors (Lipinski definition) is 2. The van der Waals surface area contributed by atoms with E-state index >= 15 is 0 Å². The molecule has 0 radical (unpaired) electrons. The first-order valence-corrected chi connectivity index (χ1v) is 5.62. The third-order valence-electron chi connectivity index (χ3n) is 2.70. The first-order valence-electron chi connectivity index (χ1n) is 5.62. The van der Waals surface area contributed by atoms with Gasteiger partial charge in [0.05, 0.1) is 11.8 Å². The predicted octanol–water partition coefficient (Wildman–Crippen LogP) is 1.68. The molecule has 6 heteroatoms. The number of nitrogens with zero attached hydrogens (tertiary/aromatic N) is 2. The zero-order chi connectivity index (χ0) is 14.0. The molecule has 0 atom stereocenters. The van der Waals surface area contributed by atoms with Crippen LogP contribution in [0.2, 0.25) is 0 Å². The van der Waals surface area contributed by atoms with Gasteiger partial charge in [-0.2, -0.15) is 5.10 Å². The molecule has 0 spiro atoms. The molecule has 1 aromatic carbocycles. The fourth-order valence-electron chi connectivity index (χ4n) is 1.69. The Labute approximate surface area is 109 Å². The van der Waals surface area contributed by atoms with Crippen LogP contribution in [0.25, 0.3) is 0 Å². The van der Waals surface area contributed by atoms with Crippen molar-refractivity contribution in [3.63, 3.8) is 0 Å². The molecule has 1 heterocycles. The quantitative estimate of drug-likeness (QED) is 0.878. The van der Waals surface area contributed by atoms with Gasteiger partial charge in [0.25, 0.3) is 5.91 Å². The Morgan fingerprint density at radius 3 is 2.47 bits per heavy atom. The maximum Gasteiger partial charge on any atom is 0.354 e. The Kier molecular flexibility index (Phi) is 3.33. The van der Waals surface area contributed by atoms with E-state index in [-0.39, 0.29) is 11.3 Å². The van der Waals surface area contributed by atoms with Gasteiger partial charge in [-0.25, -0.2) is 4.79 Å². The maximum atomic E-state index is 12.0. The molecule has 98 valence electrons. The molecule has 0 aliphatic carbocycles. The van der Waals surface area contributed by atoms with Crippen LogP contribution < -0.4 is 5.32 Å². The van der Waals surface area contributed by atoms with Gasteiger partial charge in [0.15, 0.2) is 5.69 Å². The van der Waals surface area contributed by atoms with Crippen molar-refractivity contribution in [2.24, 2.45) is 7.05 Å². The van der Waals surface area contributed by atoms with Gasteiger partial charge in [0.2, 0.25) is 0 Å². The van der Waals surface area contributed by atoms with E-state index in [0.29, 0.717) is 5.69 Å². The van der Waals surface area contributed by atoms with E-state index in [1.165, 1.54) is 13.2 Å². The van der Waals surface area contributed by atoms with Crippen LogP contribution in [0.15, 0.2) is 30.5 Å². The van der Waals surface area contributed by atoms with Crippen molar-refractivity contribution >= 4 is 17.6 Å². The minimum Gasteiger partial charge on any atom is -0.477 e. The Morgan fingerprint density at radius 2 is 1.89 bits per heavy atom. The highest BCUT2D eigenvalue weighted by atomic mass is 16.4. The van der Waals surface area contributed by atoms with Gasteiger partial charge in [-0.15, -0.1) is 0 Å². The molecule has 2 aromatic rings. The van der Waals surface area contributed by atoms with Gasteiger partial charge < -0.3 is 10.4 Å². The molecule has 0 saturated heterocycles. The molecule has 1 amide bonds. The van der Waals surface area contributed by atoms with Crippen molar-refractivity contribution in [2.45, 2.75) is 6.92 Å². The van der Waals surface area contributed by atoms with Crippen LogP contribution in [-0.4, -0.2) is 26.8 Å². The third-order valence-corrected chi connectivity index (χ3v) is 2.70. The topological polar surface area (TPSA) is 84.2 Å². The van der Waals surface area contributed by atoms with Crippen molar-refractivity contribution in [1.82, 2.24) is 9.78 Å². The van der Waals surface area contributed by atoms with E-state index < -0.39 is 11.9 Å². The van der Waals surface area contributed by atoms with Crippen molar-refractivity contribution < 1.29 is 14.7 Å². The fraction of sp³-hybridized carbons (Fsp3) is 0.154. The fourth-order valence-corrected chi connectivity index (χ4v) is 1.69. The number of carbonyl (C=O) groups excluding carboxylic acids is 1. The Hall–Kier alpha value is -2.63. The number of amides is 1. The molecule has 2 N–H and O–H groups in total. The van der Waals surface area contributed by atoms with Crippen molar-refractivity contribution in [3.05, 3.63) is 47.3 Å². The number of rotatable bonds is 3. The van der Waals surface area contributed by atoms with E-state index in [0.717, 1.165) is 10.2 Å². The van der Waals surface area contributed by atoms with Crippen molar-refractivity contribution in [3.8, 4) is 0 Å². The lowest BCUT2D eigenvalue weighted by molar-refractivity contribution is 0.0680. The summed E-state index contributed by atoms with van der Waals surface area (Å²) in [7, 11) is 1.48. The average molecular weight is 259 g/mol. The van der Waals surface area contributed by atoms with Gasteiger partial charge in [-0.05, 0) is 19.1 Å². The van der Waals surface area contributed by atoms with E-state index in [2.05, 4.69) is 10.4 Å². The molecule has 2 rings (SSSR count). The molecular formula is C13H13N3O3. The van der Waals surface area contributed by atoms with E-state index in [4.69, 9.17) is 5.11 Å². The van der Waals surface area contributed by atoms with Crippen LogP contribution in [0.3, 0.4) is 0 Å². The molecule has 6 nitrogen and oxygen atoms in total. The number of carboxylic acid groups (broad SMARTS) is 1. The van der Waals surface area contributed by atoms with Crippen molar-refractivity contribution in [2.75, 3.05) is 5.32 Å². The second-order valence-corrected chi connectivity index (χ2v) is 4.16. The highest BCUT2D eigenvalue weighted by Crippen LogP contribution is 2.13. The van der Waals surface area contributed by atoms with E-state index in [1.54, 1.807) is 12.1 Å². The normalized spacial score (nSPS) is 10.2. The SMILES string of the molecule is Cc1ccc(NC(=O)c2cnn(C)c2C(=O)O)cc1. The number of hydrogen-bond acceptors (Lipinski definition) is 3. The lowest BCUT2D eigenvalue weighted by atomic mass is 10.2. The molecule has 0 unspecified atom stereocenters. The van der Waals surface area contributed by atoms with Crippen LogP contribution in [0.4, 0.5) is 5.69 Å². The number of benzene rings is 1. The minimum absolute atomic E-state index is 0.0376. The zero-order valence-corrected chi connectivity index (χ0v) is 10.5. The number of carboxylic acids is 1. The van der Waals surface area contributed by atoms with E-state index in [1.807, 2.05) is 19.1 Å². The summed E-state index contributed by atoms with van der Waals surface area (Å²) in [4.78, 5) is 23.1. The smallest absolute Gasteiger partial charge is 0.354 e. The van der Waals surface area contributed by atoms with Crippen LogP contribution in [-0.2, 0) is 7.05 Å². The molecule has 0 fully saturated rings. The zero-order valence-electron chi connectivity index (χ0n) is 10.5. The standard InChI is InChI=1S/C13H13N3O3/c1-8-3-5-9(6-4-8)15-12(17)10-7-14-16(2)11(10)13(18)19/h3-7H,1-2H3,(H,15,17)(H,18,19). The van der Waals surface area contributed by atoms with Crippen LogP contribution in [0.1, 0.15) is 26.4 Å². The largest absolute Gasteiger partial charge is 0.477 e. The molecule has 0 aliphatic rings. The van der Waals surface area contributed by atoms with Gasteiger partial charge >= 0.3 is 5.97 Å². The minimum atomic E-state index is -1.19. The number of aryl methyl sites for hydroxylation is 2. The van der Waals surface area contributed by atoms with Gasteiger partial charge in [0.1, 0.15) is 0 Å². The van der Waals surface area contributed by atoms with Gasteiger partial charge in [0, 0.05) is 12.7 Å². The van der Waals surface area contributed by atoms with Crippen LogP contribution in [0.5, 0.6) is 0 Å². The predicted molar refractivity (Wildman–Crippen MR) is 69.3 cm³/mol.